The first-order valence-corrected chi connectivity index (χ1v) is 9.78. The summed E-state index contributed by atoms with van der Waals surface area (Å²) >= 11 is 0. The number of amides is 1. The van der Waals surface area contributed by atoms with Crippen molar-refractivity contribution in [2.24, 2.45) is 0 Å². The van der Waals surface area contributed by atoms with Gasteiger partial charge in [-0.3, -0.25) is 4.79 Å². The monoisotopic (exact) mass is 420 g/mol. The number of hydrogen-bond donors (Lipinski definition) is 2. The zero-order valence-electron chi connectivity index (χ0n) is 15.6. The molecule has 0 radical (unpaired) electrons. The molecule has 2 N–H and O–H groups in total. The molecule has 0 saturated carbocycles. The van der Waals surface area contributed by atoms with Crippen LogP contribution in [0.25, 0.3) is 0 Å². The Balaban J connectivity index is 0.00000190. The highest BCUT2D eigenvalue weighted by Gasteiger charge is 2.27. The Morgan fingerprint density at radius 1 is 0.929 bits per heavy atom. The van der Waals surface area contributed by atoms with Crippen LogP contribution in [0.5, 0.6) is 0 Å². The first-order chi connectivity index (χ1) is 13.0. The van der Waals surface area contributed by atoms with Crippen molar-refractivity contribution in [3.05, 3.63) is 59.2 Å². The largest absolute Gasteiger partial charge is 0.322 e. The molecular formula is C18H20F4N2O3S. The Morgan fingerprint density at radius 3 is 2.04 bits per heavy atom. The predicted molar refractivity (Wildman–Crippen MR) is 97.5 cm³/mol. The molecule has 2 aromatic carbocycles. The zero-order valence-corrected chi connectivity index (χ0v) is 16.4. The van der Waals surface area contributed by atoms with Crippen LogP contribution < -0.4 is 10.0 Å². The number of sulfonamides is 1. The maximum Gasteiger partial charge on any atom is 0.261 e. The van der Waals surface area contributed by atoms with Gasteiger partial charge in [0.15, 0.2) is 17.5 Å². The number of benzene rings is 2. The maximum atomic E-state index is 14.5. The lowest BCUT2D eigenvalue weighted by Crippen LogP contribution is -2.31. The molecule has 0 saturated heterocycles. The molecule has 0 aliphatic rings. The normalized spacial score (nSPS) is 11.0. The van der Waals surface area contributed by atoms with Gasteiger partial charge in [-0.15, -0.1) is 0 Å². The van der Waals surface area contributed by atoms with Crippen LogP contribution in [-0.4, -0.2) is 20.4 Å². The van der Waals surface area contributed by atoms with Crippen LogP contribution in [0.4, 0.5) is 23.2 Å². The van der Waals surface area contributed by atoms with Crippen LogP contribution in [0, 0.1) is 23.3 Å². The molecule has 0 spiro atoms. The molecule has 10 heteroatoms. The van der Waals surface area contributed by atoms with Crippen LogP contribution in [-0.2, 0) is 10.0 Å². The lowest BCUT2D eigenvalue weighted by molar-refractivity contribution is 0.101. The lowest BCUT2D eigenvalue weighted by Gasteiger charge is -2.13. The van der Waals surface area contributed by atoms with E-state index >= 15 is 0 Å². The van der Waals surface area contributed by atoms with Gasteiger partial charge < -0.3 is 5.32 Å². The Hall–Kier alpha value is -2.46. The third-order valence-corrected chi connectivity index (χ3v) is 4.82. The van der Waals surface area contributed by atoms with Crippen LogP contribution in [0.3, 0.4) is 0 Å². The van der Waals surface area contributed by atoms with E-state index in [-0.39, 0.29) is 5.69 Å². The van der Waals surface area contributed by atoms with E-state index in [4.69, 9.17) is 0 Å². The molecule has 5 nitrogen and oxygen atoms in total. The molecule has 2 rings (SSSR count). The number of rotatable bonds is 5. The van der Waals surface area contributed by atoms with Crippen molar-refractivity contribution in [1.29, 1.82) is 0 Å². The van der Waals surface area contributed by atoms with E-state index in [1.54, 1.807) is 0 Å². The van der Waals surface area contributed by atoms with E-state index in [9.17, 15) is 30.8 Å². The molecule has 2 aromatic rings. The third-order valence-electron chi connectivity index (χ3n) is 3.14. The molecule has 154 valence electrons. The summed E-state index contributed by atoms with van der Waals surface area (Å²) in [6.45, 7) is 6.99. The average Bonchev–Trinajstić information content (AvgIpc) is 2.58. The smallest absolute Gasteiger partial charge is 0.261 e. The first-order valence-electron chi connectivity index (χ1n) is 8.29. The summed E-state index contributed by atoms with van der Waals surface area (Å²) in [6.07, 6.45) is 0. The number of hydrogen-bond acceptors (Lipinski definition) is 3. The molecule has 0 aliphatic heterocycles. The van der Waals surface area contributed by atoms with Gasteiger partial charge in [0.05, 0.1) is 0 Å². The minimum Gasteiger partial charge on any atom is -0.322 e. The average molecular weight is 420 g/mol. The van der Waals surface area contributed by atoms with Crippen molar-refractivity contribution in [3.63, 3.8) is 0 Å². The number of carbonyl (C=O) groups is 1. The van der Waals surface area contributed by atoms with Crippen molar-refractivity contribution in [3.8, 4) is 0 Å². The number of nitrogens with one attached hydrogen (secondary N) is 2. The molecule has 0 unspecified atom stereocenters. The van der Waals surface area contributed by atoms with E-state index in [2.05, 4.69) is 4.72 Å². The highest BCUT2D eigenvalue weighted by atomic mass is 32.2. The van der Waals surface area contributed by atoms with Gasteiger partial charge in [-0.25, -0.2) is 30.7 Å². The molecule has 1 amide bonds. The molecule has 0 aromatic heterocycles. The van der Waals surface area contributed by atoms with Crippen molar-refractivity contribution in [2.75, 3.05) is 5.32 Å². The highest BCUT2D eigenvalue weighted by Crippen LogP contribution is 2.23. The van der Waals surface area contributed by atoms with Crippen LogP contribution in [0.15, 0.2) is 35.2 Å². The fourth-order valence-electron chi connectivity index (χ4n) is 2.09. The van der Waals surface area contributed by atoms with E-state index in [1.165, 1.54) is 13.8 Å². The molecular weight excluding hydrogens is 400 g/mol. The van der Waals surface area contributed by atoms with E-state index in [0.717, 1.165) is 6.07 Å². The van der Waals surface area contributed by atoms with E-state index in [1.807, 2.05) is 19.2 Å². The second kappa shape index (κ2) is 9.65. The minimum atomic E-state index is -4.33. The topological polar surface area (TPSA) is 75.3 Å². The Bertz CT molecular complexity index is 964. The van der Waals surface area contributed by atoms with E-state index in [0.29, 0.717) is 24.3 Å². The summed E-state index contributed by atoms with van der Waals surface area (Å²) in [5, 5.41) is 1.99. The highest BCUT2D eigenvalue weighted by molar-refractivity contribution is 7.89. The molecule has 28 heavy (non-hydrogen) atoms. The summed E-state index contributed by atoms with van der Waals surface area (Å²) in [5.74, 6) is -6.72. The summed E-state index contributed by atoms with van der Waals surface area (Å²) in [6, 6.07) is 3.05. The number of carbonyl (C=O) groups excluding carboxylic acids is 1. The Kier molecular flexibility index (Phi) is 8.13. The van der Waals surface area contributed by atoms with Gasteiger partial charge in [-0.05, 0) is 38.1 Å². The summed E-state index contributed by atoms with van der Waals surface area (Å²) in [7, 11) is -4.33. The maximum absolute atomic E-state index is 14.5. The number of halogens is 4. The lowest BCUT2D eigenvalue weighted by atomic mass is 10.1. The predicted octanol–water partition coefficient (Wildman–Crippen LogP) is 4.21. The summed E-state index contributed by atoms with van der Waals surface area (Å²) in [5.41, 5.74) is -1.43. The van der Waals surface area contributed by atoms with Crippen molar-refractivity contribution in [2.45, 2.75) is 38.6 Å². The molecule has 0 atom stereocenters. The van der Waals surface area contributed by atoms with Crippen LogP contribution in [0.1, 0.15) is 38.1 Å². The Morgan fingerprint density at radius 2 is 1.50 bits per heavy atom. The summed E-state index contributed by atoms with van der Waals surface area (Å²) < 4.78 is 80.8. The van der Waals surface area contributed by atoms with Crippen molar-refractivity contribution >= 4 is 21.6 Å². The molecule has 0 aliphatic carbocycles. The minimum absolute atomic E-state index is 0.263. The van der Waals surface area contributed by atoms with Gasteiger partial charge in [0.1, 0.15) is 16.3 Å². The fourth-order valence-corrected chi connectivity index (χ4v) is 3.42. The second-order valence-electron chi connectivity index (χ2n) is 5.59. The van der Waals surface area contributed by atoms with Gasteiger partial charge in [0, 0.05) is 17.8 Å². The van der Waals surface area contributed by atoms with Crippen LogP contribution in [0.2, 0.25) is 0 Å². The first kappa shape index (κ1) is 23.6. The van der Waals surface area contributed by atoms with Gasteiger partial charge >= 0.3 is 0 Å². The van der Waals surface area contributed by atoms with Gasteiger partial charge in [-0.2, -0.15) is 0 Å². The van der Waals surface area contributed by atoms with Gasteiger partial charge in [0.2, 0.25) is 10.0 Å². The Labute approximate surface area is 160 Å². The zero-order chi connectivity index (χ0) is 21.6. The van der Waals surface area contributed by atoms with Crippen LogP contribution >= 0.6 is 0 Å². The molecule has 0 fully saturated rings. The third kappa shape index (κ3) is 5.52. The standard InChI is InChI=1S/C16H14F4N2O3S.C2H6/c1-8(2)22-26(24,25)13-6-5-11(18)14(15(13)20)16(23)21-9-3-4-10(17)12(19)7-9;1-2/h3-8,22H,1-2H3,(H,21,23);1-2H3. The van der Waals surface area contributed by atoms with E-state index < -0.39 is 55.7 Å². The van der Waals surface area contributed by atoms with Gasteiger partial charge in [-0.1, -0.05) is 13.8 Å². The van der Waals surface area contributed by atoms with Crippen molar-refractivity contribution in [1.82, 2.24) is 4.72 Å². The molecule has 0 bridgehead atoms. The van der Waals surface area contributed by atoms with Crippen molar-refractivity contribution < 1.29 is 30.8 Å². The molecule has 0 heterocycles. The second-order valence-corrected chi connectivity index (χ2v) is 7.28. The SMILES string of the molecule is CC.CC(C)NS(=O)(=O)c1ccc(F)c(C(=O)Nc2ccc(F)c(F)c2)c1F. The fraction of sp³-hybridized carbons (Fsp3) is 0.278. The summed E-state index contributed by atoms with van der Waals surface area (Å²) in [4.78, 5) is 11.2. The number of anilines is 1. The van der Waals surface area contributed by atoms with Gasteiger partial charge in [0.25, 0.3) is 5.91 Å². The quantitative estimate of drug-likeness (QED) is 0.712.